The highest BCUT2D eigenvalue weighted by Crippen LogP contribution is 2.25. The van der Waals surface area contributed by atoms with Crippen LogP contribution in [0.5, 0.6) is 0 Å². The fraction of sp³-hybridized carbons (Fsp3) is 0.600. The van der Waals surface area contributed by atoms with Crippen molar-refractivity contribution in [3.8, 4) is 0 Å². The van der Waals surface area contributed by atoms with E-state index in [-0.39, 0.29) is 11.1 Å². The molecule has 6 heteroatoms. The SMILES string of the molecule is CN1CCC(N(C)CC(Cl)c2ccc([N+](=O)[O-])cc2)CC1. The average Bonchev–Trinajstić information content (AvgIpc) is 2.47. The van der Waals surface area contributed by atoms with E-state index in [1.54, 1.807) is 12.1 Å². The van der Waals surface area contributed by atoms with E-state index in [1.165, 1.54) is 12.1 Å². The first-order valence-electron chi connectivity index (χ1n) is 7.24. The molecule has 0 aromatic heterocycles. The van der Waals surface area contributed by atoms with Gasteiger partial charge in [0.1, 0.15) is 0 Å². The fourth-order valence-corrected chi connectivity index (χ4v) is 3.11. The molecule has 1 heterocycles. The normalized spacial score (nSPS) is 18.9. The summed E-state index contributed by atoms with van der Waals surface area (Å²) in [5.41, 5.74) is 1.04. The van der Waals surface area contributed by atoms with Gasteiger partial charge in [0.15, 0.2) is 0 Å². The third-order valence-corrected chi connectivity index (χ3v) is 4.62. The van der Waals surface area contributed by atoms with Gasteiger partial charge in [-0.25, -0.2) is 0 Å². The molecule has 1 atom stereocenters. The zero-order valence-corrected chi connectivity index (χ0v) is 13.3. The summed E-state index contributed by atoms with van der Waals surface area (Å²) in [7, 11) is 4.26. The second-order valence-electron chi connectivity index (χ2n) is 5.79. The molecule has 1 fully saturated rings. The van der Waals surface area contributed by atoms with Crippen molar-refractivity contribution in [3.63, 3.8) is 0 Å². The molecule has 5 nitrogen and oxygen atoms in total. The molecule has 1 aliphatic rings. The molecule has 21 heavy (non-hydrogen) atoms. The Bertz CT molecular complexity index is 472. The number of nitrogens with zero attached hydrogens (tertiary/aromatic N) is 3. The third kappa shape index (κ3) is 4.40. The van der Waals surface area contributed by atoms with E-state index in [2.05, 4.69) is 23.9 Å². The first-order chi connectivity index (χ1) is 9.97. The van der Waals surface area contributed by atoms with Crippen molar-refractivity contribution in [3.05, 3.63) is 39.9 Å². The highest BCUT2D eigenvalue weighted by atomic mass is 35.5. The Labute approximate surface area is 130 Å². The number of nitro benzene ring substituents is 1. The molecule has 0 bridgehead atoms. The van der Waals surface area contributed by atoms with Gasteiger partial charge in [-0.3, -0.25) is 10.1 Å². The number of non-ortho nitro benzene ring substituents is 1. The van der Waals surface area contributed by atoms with Crippen LogP contribution in [0.15, 0.2) is 24.3 Å². The van der Waals surface area contributed by atoms with Crippen molar-refractivity contribution in [1.29, 1.82) is 0 Å². The van der Waals surface area contributed by atoms with E-state index in [4.69, 9.17) is 11.6 Å². The molecule has 0 saturated carbocycles. The molecule has 0 spiro atoms. The molecule has 1 aliphatic heterocycles. The first-order valence-corrected chi connectivity index (χ1v) is 7.68. The molecule has 0 amide bonds. The number of hydrogen-bond donors (Lipinski definition) is 0. The molecule has 1 unspecified atom stereocenters. The van der Waals surface area contributed by atoms with Crippen LogP contribution in [0.25, 0.3) is 0 Å². The lowest BCUT2D eigenvalue weighted by Gasteiger charge is -2.35. The maximum absolute atomic E-state index is 10.7. The van der Waals surface area contributed by atoms with Crippen molar-refractivity contribution < 1.29 is 4.92 Å². The van der Waals surface area contributed by atoms with E-state index in [0.717, 1.165) is 38.0 Å². The summed E-state index contributed by atoms with van der Waals surface area (Å²) in [5.74, 6) is 0. The standard InChI is InChI=1S/C15H22ClN3O2/c1-17-9-7-13(8-10-17)18(2)11-15(16)12-3-5-14(6-4-12)19(20)21/h3-6,13,15H,7-11H2,1-2H3. The van der Waals surface area contributed by atoms with Crippen molar-refractivity contribution in [1.82, 2.24) is 9.80 Å². The summed E-state index contributed by atoms with van der Waals surface area (Å²) < 4.78 is 0. The quantitative estimate of drug-likeness (QED) is 0.476. The zero-order chi connectivity index (χ0) is 15.4. The summed E-state index contributed by atoms with van der Waals surface area (Å²) >= 11 is 6.46. The molecule has 0 aliphatic carbocycles. The highest BCUT2D eigenvalue weighted by Gasteiger charge is 2.22. The van der Waals surface area contributed by atoms with Crippen molar-refractivity contribution >= 4 is 17.3 Å². The van der Waals surface area contributed by atoms with Crippen molar-refractivity contribution in [2.75, 3.05) is 33.7 Å². The lowest BCUT2D eigenvalue weighted by molar-refractivity contribution is -0.384. The number of nitro groups is 1. The number of rotatable bonds is 5. The summed E-state index contributed by atoms with van der Waals surface area (Å²) in [6, 6.07) is 7.09. The highest BCUT2D eigenvalue weighted by molar-refractivity contribution is 6.21. The van der Waals surface area contributed by atoms with E-state index in [9.17, 15) is 10.1 Å². The van der Waals surface area contributed by atoms with Gasteiger partial charge in [-0.1, -0.05) is 12.1 Å². The Morgan fingerprint density at radius 2 is 1.95 bits per heavy atom. The van der Waals surface area contributed by atoms with Gasteiger partial charge in [-0.15, -0.1) is 11.6 Å². The summed E-state index contributed by atoms with van der Waals surface area (Å²) in [4.78, 5) is 14.9. The topological polar surface area (TPSA) is 49.6 Å². The van der Waals surface area contributed by atoms with Crippen LogP contribution in [0.1, 0.15) is 23.8 Å². The van der Waals surface area contributed by atoms with Crippen LogP contribution in [0, 0.1) is 10.1 Å². The summed E-state index contributed by atoms with van der Waals surface area (Å²) in [6.45, 7) is 3.01. The predicted octanol–water partition coefficient (Wildman–Crippen LogP) is 2.90. The number of likely N-dealkylation sites (N-methyl/N-ethyl adjacent to an activating group) is 1. The maximum atomic E-state index is 10.7. The first kappa shape index (κ1) is 16.2. The molecule has 2 rings (SSSR count). The van der Waals surface area contributed by atoms with Crippen LogP contribution in [0.3, 0.4) is 0 Å². The fourth-order valence-electron chi connectivity index (χ4n) is 2.75. The largest absolute Gasteiger partial charge is 0.306 e. The molecule has 116 valence electrons. The molecular weight excluding hydrogens is 290 g/mol. The van der Waals surface area contributed by atoms with E-state index in [0.29, 0.717) is 6.04 Å². The number of benzene rings is 1. The minimum absolute atomic E-state index is 0.103. The molecular formula is C15H22ClN3O2. The number of halogens is 1. The Hall–Kier alpha value is -1.17. The smallest absolute Gasteiger partial charge is 0.269 e. The lowest BCUT2D eigenvalue weighted by Crippen LogP contribution is -2.42. The van der Waals surface area contributed by atoms with Crippen LogP contribution in [-0.2, 0) is 0 Å². The minimum atomic E-state index is -0.391. The Morgan fingerprint density at radius 1 is 1.38 bits per heavy atom. The number of piperidine rings is 1. The lowest BCUT2D eigenvalue weighted by atomic mass is 10.0. The predicted molar refractivity (Wildman–Crippen MR) is 84.8 cm³/mol. The van der Waals surface area contributed by atoms with Gasteiger partial charge in [-0.05, 0) is 45.6 Å². The number of likely N-dealkylation sites (tertiary alicyclic amines) is 1. The second kappa shape index (κ2) is 7.20. The zero-order valence-electron chi connectivity index (χ0n) is 12.5. The van der Waals surface area contributed by atoms with E-state index in [1.807, 2.05) is 0 Å². The Balaban J connectivity index is 1.91. The van der Waals surface area contributed by atoms with Gasteiger partial charge < -0.3 is 9.80 Å². The van der Waals surface area contributed by atoms with Crippen LogP contribution in [0.4, 0.5) is 5.69 Å². The maximum Gasteiger partial charge on any atom is 0.269 e. The summed E-state index contributed by atoms with van der Waals surface area (Å²) in [5, 5.41) is 10.5. The van der Waals surface area contributed by atoms with E-state index < -0.39 is 4.92 Å². The Kier molecular flexibility index (Phi) is 5.56. The van der Waals surface area contributed by atoms with Gasteiger partial charge >= 0.3 is 0 Å². The van der Waals surface area contributed by atoms with Crippen molar-refractivity contribution in [2.45, 2.75) is 24.3 Å². The molecule has 1 saturated heterocycles. The second-order valence-corrected chi connectivity index (χ2v) is 6.32. The average molecular weight is 312 g/mol. The number of alkyl halides is 1. The Morgan fingerprint density at radius 3 is 2.48 bits per heavy atom. The van der Waals surface area contributed by atoms with Gasteiger partial charge in [0.05, 0.1) is 10.3 Å². The monoisotopic (exact) mass is 311 g/mol. The summed E-state index contributed by atoms with van der Waals surface area (Å²) in [6.07, 6.45) is 2.33. The van der Waals surface area contributed by atoms with Gasteiger partial charge in [-0.2, -0.15) is 0 Å². The minimum Gasteiger partial charge on any atom is -0.306 e. The van der Waals surface area contributed by atoms with Gasteiger partial charge in [0, 0.05) is 24.7 Å². The molecule has 1 aromatic carbocycles. The van der Waals surface area contributed by atoms with Crippen LogP contribution in [-0.4, -0.2) is 54.5 Å². The van der Waals surface area contributed by atoms with Crippen LogP contribution in [0.2, 0.25) is 0 Å². The van der Waals surface area contributed by atoms with E-state index >= 15 is 0 Å². The molecule has 0 radical (unpaired) electrons. The number of hydrogen-bond acceptors (Lipinski definition) is 4. The van der Waals surface area contributed by atoms with Crippen LogP contribution < -0.4 is 0 Å². The molecule has 1 aromatic rings. The third-order valence-electron chi connectivity index (χ3n) is 4.23. The van der Waals surface area contributed by atoms with Gasteiger partial charge in [0.25, 0.3) is 5.69 Å². The van der Waals surface area contributed by atoms with Gasteiger partial charge in [0.2, 0.25) is 0 Å². The van der Waals surface area contributed by atoms with Crippen LogP contribution >= 0.6 is 11.6 Å². The van der Waals surface area contributed by atoms with Crippen molar-refractivity contribution in [2.24, 2.45) is 0 Å². The molecule has 0 N–H and O–H groups in total.